The molecular weight excluding hydrogens is 252 g/mol. The summed E-state index contributed by atoms with van der Waals surface area (Å²) in [5.41, 5.74) is 0. The van der Waals surface area contributed by atoms with Crippen molar-refractivity contribution in [1.29, 1.82) is 0 Å². The highest BCUT2D eigenvalue weighted by Gasteiger charge is 1.89. The molecule has 0 amide bonds. The lowest BCUT2D eigenvalue weighted by molar-refractivity contribution is 0.0374. The van der Waals surface area contributed by atoms with Crippen LogP contribution in [0.1, 0.15) is 0 Å². The number of hydrogen-bond acceptors (Lipinski definition) is 4. The van der Waals surface area contributed by atoms with Gasteiger partial charge in [0.25, 0.3) is 0 Å². The van der Waals surface area contributed by atoms with Crippen LogP contribution in [0.15, 0.2) is 0 Å². The van der Waals surface area contributed by atoms with Gasteiger partial charge in [0.05, 0.1) is 33.5 Å². The van der Waals surface area contributed by atoms with Crippen LogP contribution in [0.2, 0.25) is 0 Å². The highest BCUT2D eigenvalue weighted by molar-refractivity contribution is 9.09. The molecule has 14 heavy (non-hydrogen) atoms. The van der Waals surface area contributed by atoms with E-state index >= 15 is 0 Å². The predicted molar refractivity (Wildman–Crippen MR) is 56.2 cm³/mol. The molecule has 0 bridgehead atoms. The summed E-state index contributed by atoms with van der Waals surface area (Å²) in [7, 11) is 1.48. The van der Waals surface area contributed by atoms with E-state index in [-0.39, 0.29) is 0 Å². The fourth-order valence-electron chi connectivity index (χ4n) is 0.599. The fraction of sp³-hybridized carbons (Fsp3) is 0.778. The molecule has 0 aromatic carbocycles. The predicted octanol–water partition coefficient (Wildman–Crippen LogP) is 0.996. The zero-order chi connectivity index (χ0) is 10.5. The first kappa shape index (κ1) is 13.6. The number of ether oxygens (including phenoxy) is 4. The third-order valence-corrected chi connectivity index (χ3v) is 1.46. The lowest BCUT2D eigenvalue weighted by Gasteiger charge is -2.03. The molecule has 0 unspecified atom stereocenters. The summed E-state index contributed by atoms with van der Waals surface area (Å²) in [6, 6.07) is 0. The van der Waals surface area contributed by atoms with Gasteiger partial charge in [-0.25, -0.2) is 0 Å². The highest BCUT2D eigenvalue weighted by Crippen LogP contribution is 1.83. The first-order valence-electron chi connectivity index (χ1n) is 4.28. The molecule has 0 aliphatic carbocycles. The van der Waals surface area contributed by atoms with Crippen LogP contribution in [0.5, 0.6) is 0 Å². The monoisotopic (exact) mass is 266 g/mol. The minimum Gasteiger partial charge on any atom is -0.448 e. The van der Waals surface area contributed by atoms with Crippen molar-refractivity contribution in [3.63, 3.8) is 0 Å². The number of halogens is 1. The van der Waals surface area contributed by atoms with Gasteiger partial charge in [-0.05, 0) is 0 Å². The Labute approximate surface area is 93.0 Å². The van der Waals surface area contributed by atoms with Crippen molar-refractivity contribution in [2.75, 3.05) is 45.5 Å². The Balaban J connectivity index is 2.92. The zero-order valence-electron chi connectivity index (χ0n) is 8.25. The van der Waals surface area contributed by atoms with Gasteiger partial charge in [0.15, 0.2) is 12.2 Å². The molecule has 82 valence electrons. The maximum atomic E-state index is 5.19. The van der Waals surface area contributed by atoms with Gasteiger partial charge in [-0.15, -0.1) is 0 Å². The molecule has 0 aromatic heterocycles. The molecule has 0 heterocycles. The minimum atomic E-state index is 0.439. The second-order valence-electron chi connectivity index (χ2n) is 2.17. The van der Waals surface area contributed by atoms with E-state index in [1.54, 1.807) is 0 Å². The molecule has 5 heteroatoms. The van der Waals surface area contributed by atoms with Gasteiger partial charge in [0.2, 0.25) is 0 Å². The van der Waals surface area contributed by atoms with Crippen molar-refractivity contribution >= 4 is 15.9 Å². The third kappa shape index (κ3) is 11.6. The average Bonchev–Trinajstić information content (AvgIpc) is 2.21. The van der Waals surface area contributed by atoms with Crippen LogP contribution in [0.4, 0.5) is 0 Å². The van der Waals surface area contributed by atoms with E-state index in [2.05, 4.69) is 32.9 Å². The van der Waals surface area contributed by atoms with Crippen molar-refractivity contribution in [1.82, 2.24) is 0 Å². The van der Waals surface area contributed by atoms with Gasteiger partial charge >= 0.3 is 0 Å². The molecule has 0 saturated heterocycles. The van der Waals surface area contributed by atoms with Gasteiger partial charge in [-0.2, -0.15) is 0 Å². The Kier molecular flexibility index (Phi) is 12.2. The topological polar surface area (TPSA) is 36.9 Å². The fourth-order valence-corrected chi connectivity index (χ4v) is 0.828. The van der Waals surface area contributed by atoms with Crippen molar-refractivity contribution in [2.24, 2.45) is 0 Å². The molecule has 0 spiro atoms. The van der Waals surface area contributed by atoms with E-state index in [0.29, 0.717) is 33.0 Å². The minimum absolute atomic E-state index is 0.439. The second-order valence-corrected chi connectivity index (χ2v) is 2.96. The molecule has 0 aromatic rings. The maximum Gasteiger partial charge on any atom is 0.155 e. The summed E-state index contributed by atoms with van der Waals surface area (Å²) in [4.78, 5) is 0. The zero-order valence-corrected chi connectivity index (χ0v) is 9.84. The Bertz CT molecular complexity index is 164. The van der Waals surface area contributed by atoms with Crippen molar-refractivity contribution in [3.8, 4) is 12.2 Å². The van der Waals surface area contributed by atoms with E-state index < -0.39 is 0 Å². The summed E-state index contributed by atoms with van der Waals surface area (Å²) in [6.45, 7) is 2.84. The molecule has 0 N–H and O–H groups in total. The molecule has 0 saturated carbocycles. The lowest BCUT2D eigenvalue weighted by atomic mass is 10.7. The largest absolute Gasteiger partial charge is 0.448 e. The number of rotatable bonds is 8. The molecule has 0 aliphatic rings. The third-order valence-electron chi connectivity index (χ3n) is 1.14. The SMILES string of the molecule is COC#COCCOCCOCCBr. The van der Waals surface area contributed by atoms with Crippen LogP contribution in [-0.2, 0) is 18.9 Å². The molecule has 4 nitrogen and oxygen atoms in total. The average molecular weight is 267 g/mol. The molecule has 0 aliphatic heterocycles. The van der Waals surface area contributed by atoms with E-state index in [0.717, 1.165) is 5.33 Å². The van der Waals surface area contributed by atoms with Gasteiger partial charge in [0.1, 0.15) is 6.61 Å². The van der Waals surface area contributed by atoms with Gasteiger partial charge in [0, 0.05) is 5.33 Å². The van der Waals surface area contributed by atoms with Crippen molar-refractivity contribution in [2.45, 2.75) is 0 Å². The summed E-state index contributed by atoms with van der Waals surface area (Å²) < 4.78 is 19.7. The van der Waals surface area contributed by atoms with E-state index in [9.17, 15) is 0 Å². The van der Waals surface area contributed by atoms with E-state index in [1.165, 1.54) is 7.11 Å². The highest BCUT2D eigenvalue weighted by atomic mass is 79.9. The Morgan fingerprint density at radius 3 is 2.21 bits per heavy atom. The number of methoxy groups -OCH3 is 1. The van der Waals surface area contributed by atoms with Crippen molar-refractivity contribution < 1.29 is 18.9 Å². The Hall–Kier alpha value is -0.440. The summed E-state index contributed by atoms with van der Waals surface area (Å²) >= 11 is 3.25. The molecule has 0 rings (SSSR count). The van der Waals surface area contributed by atoms with Gasteiger partial charge in [-0.1, -0.05) is 15.9 Å². The van der Waals surface area contributed by atoms with Crippen LogP contribution in [-0.4, -0.2) is 45.5 Å². The number of hydrogen-bond donors (Lipinski definition) is 0. The van der Waals surface area contributed by atoms with Crippen LogP contribution < -0.4 is 0 Å². The van der Waals surface area contributed by atoms with Crippen LogP contribution in [0.25, 0.3) is 0 Å². The number of alkyl halides is 1. The van der Waals surface area contributed by atoms with Gasteiger partial charge in [-0.3, -0.25) is 0 Å². The summed E-state index contributed by atoms with van der Waals surface area (Å²) in [5.74, 6) is 0. The summed E-state index contributed by atoms with van der Waals surface area (Å²) in [6.07, 6.45) is 4.67. The molecular formula is C9H15BrO4. The quantitative estimate of drug-likeness (QED) is 0.373. The van der Waals surface area contributed by atoms with E-state index in [1.807, 2.05) is 0 Å². The molecule has 0 atom stereocenters. The Morgan fingerprint density at radius 2 is 1.57 bits per heavy atom. The van der Waals surface area contributed by atoms with E-state index in [4.69, 9.17) is 14.2 Å². The molecule has 0 fully saturated rings. The standard InChI is InChI=1S/C9H15BrO4/c1-11-4-5-13-8-9-14-7-6-12-3-2-10/h2-3,6-9H2,1H3. The first-order chi connectivity index (χ1) is 6.91. The first-order valence-corrected chi connectivity index (χ1v) is 5.40. The maximum absolute atomic E-state index is 5.19. The Morgan fingerprint density at radius 1 is 0.929 bits per heavy atom. The smallest absolute Gasteiger partial charge is 0.155 e. The van der Waals surface area contributed by atoms with Crippen LogP contribution in [0, 0.1) is 12.2 Å². The van der Waals surface area contributed by atoms with Crippen molar-refractivity contribution in [3.05, 3.63) is 0 Å². The second kappa shape index (κ2) is 12.6. The van der Waals surface area contributed by atoms with Crippen LogP contribution >= 0.6 is 15.9 Å². The lowest BCUT2D eigenvalue weighted by Crippen LogP contribution is -2.09. The van der Waals surface area contributed by atoms with Crippen LogP contribution in [0.3, 0.4) is 0 Å². The molecule has 0 radical (unpaired) electrons. The summed E-state index contributed by atoms with van der Waals surface area (Å²) in [5, 5.41) is 0.850. The normalized spacial score (nSPS) is 9.00. The van der Waals surface area contributed by atoms with Gasteiger partial charge < -0.3 is 18.9 Å².